The Morgan fingerprint density at radius 1 is 1.35 bits per heavy atom. The molecule has 3 rings (SSSR count). The molecule has 0 aliphatic carbocycles. The van der Waals surface area contributed by atoms with Crippen LogP contribution in [0.5, 0.6) is 0 Å². The Balaban J connectivity index is 2.40. The summed E-state index contributed by atoms with van der Waals surface area (Å²) < 4.78 is 1.54. The number of carbonyl (C=O) groups is 1. The van der Waals surface area contributed by atoms with Crippen LogP contribution in [-0.4, -0.2) is 19.7 Å². The standard InChI is InChI=1S/C19H18ClN3O2S/c1-4-23-18-16(15(8-9-21-18)11(2)26-12(3)24)17(22-19(23)25)13-6-5-7-14(20)10-13/h5-11H,4H2,1-3H3. The highest BCUT2D eigenvalue weighted by Crippen LogP contribution is 2.37. The Kier molecular flexibility index (Phi) is 5.44. The van der Waals surface area contributed by atoms with Gasteiger partial charge in [0.15, 0.2) is 5.12 Å². The maximum Gasteiger partial charge on any atom is 0.349 e. The molecular weight excluding hydrogens is 370 g/mol. The molecule has 0 saturated carbocycles. The molecule has 5 nitrogen and oxygen atoms in total. The quantitative estimate of drug-likeness (QED) is 0.660. The van der Waals surface area contributed by atoms with Crippen LogP contribution in [0.1, 0.15) is 31.6 Å². The highest BCUT2D eigenvalue weighted by molar-refractivity contribution is 8.13. The fourth-order valence-corrected chi connectivity index (χ4v) is 4.01. The zero-order valence-electron chi connectivity index (χ0n) is 14.7. The van der Waals surface area contributed by atoms with E-state index in [2.05, 4.69) is 9.97 Å². The van der Waals surface area contributed by atoms with Crippen LogP contribution in [0.25, 0.3) is 22.3 Å². The average molecular weight is 388 g/mol. The van der Waals surface area contributed by atoms with E-state index in [4.69, 9.17) is 11.6 Å². The van der Waals surface area contributed by atoms with Gasteiger partial charge < -0.3 is 0 Å². The molecule has 0 saturated heterocycles. The lowest BCUT2D eigenvalue weighted by Gasteiger charge is -2.17. The van der Waals surface area contributed by atoms with Crippen LogP contribution < -0.4 is 5.69 Å². The van der Waals surface area contributed by atoms with Crippen LogP contribution >= 0.6 is 23.4 Å². The van der Waals surface area contributed by atoms with Crippen LogP contribution in [0.3, 0.4) is 0 Å². The van der Waals surface area contributed by atoms with E-state index in [0.29, 0.717) is 22.9 Å². The van der Waals surface area contributed by atoms with E-state index < -0.39 is 0 Å². The Morgan fingerprint density at radius 3 is 2.77 bits per heavy atom. The minimum absolute atomic E-state index is 0.0311. The van der Waals surface area contributed by atoms with Gasteiger partial charge in [0.2, 0.25) is 0 Å². The van der Waals surface area contributed by atoms with Crippen molar-refractivity contribution in [3.05, 3.63) is 57.6 Å². The number of thioether (sulfide) groups is 1. The van der Waals surface area contributed by atoms with E-state index in [1.165, 1.54) is 16.3 Å². The van der Waals surface area contributed by atoms with Crippen LogP contribution in [0.15, 0.2) is 41.3 Å². The van der Waals surface area contributed by atoms with Gasteiger partial charge in [-0.15, -0.1) is 0 Å². The summed E-state index contributed by atoms with van der Waals surface area (Å²) in [6.45, 7) is 5.85. The van der Waals surface area contributed by atoms with E-state index in [9.17, 15) is 9.59 Å². The lowest BCUT2D eigenvalue weighted by molar-refractivity contribution is -0.109. The molecular formula is C19H18ClN3O2S. The normalized spacial score (nSPS) is 12.3. The molecule has 1 atom stereocenters. The van der Waals surface area contributed by atoms with Crippen molar-refractivity contribution < 1.29 is 4.79 Å². The number of rotatable bonds is 4. The molecule has 0 radical (unpaired) electrons. The first kappa shape index (κ1) is 18.6. The second kappa shape index (κ2) is 7.60. The minimum atomic E-state index is -0.355. The number of halogens is 1. The third-order valence-corrected chi connectivity index (χ3v) is 5.26. The Morgan fingerprint density at radius 2 is 2.12 bits per heavy atom. The Labute approximate surface area is 160 Å². The molecule has 1 aromatic carbocycles. The van der Waals surface area contributed by atoms with Gasteiger partial charge in [-0.3, -0.25) is 9.36 Å². The van der Waals surface area contributed by atoms with Gasteiger partial charge in [0.05, 0.1) is 5.69 Å². The van der Waals surface area contributed by atoms with E-state index in [-0.39, 0.29) is 16.1 Å². The molecule has 3 aromatic rings. The van der Waals surface area contributed by atoms with Crippen molar-refractivity contribution in [1.82, 2.24) is 14.5 Å². The summed E-state index contributed by atoms with van der Waals surface area (Å²) in [7, 11) is 0. The number of hydrogen-bond acceptors (Lipinski definition) is 5. The molecule has 0 amide bonds. The molecule has 26 heavy (non-hydrogen) atoms. The molecule has 2 heterocycles. The molecule has 0 N–H and O–H groups in total. The number of benzene rings is 1. The van der Waals surface area contributed by atoms with Crippen LogP contribution in [0.4, 0.5) is 0 Å². The first-order valence-electron chi connectivity index (χ1n) is 8.25. The monoisotopic (exact) mass is 387 g/mol. The first-order chi connectivity index (χ1) is 12.4. The zero-order chi connectivity index (χ0) is 18.8. The van der Waals surface area contributed by atoms with Crippen molar-refractivity contribution in [2.24, 2.45) is 0 Å². The number of aryl methyl sites for hydroxylation is 1. The van der Waals surface area contributed by atoms with Crippen LogP contribution in [0, 0.1) is 0 Å². The van der Waals surface area contributed by atoms with Crippen LogP contribution in [0.2, 0.25) is 5.02 Å². The number of hydrogen-bond donors (Lipinski definition) is 0. The SMILES string of the molecule is CCn1c(=O)nc(-c2cccc(Cl)c2)c2c(C(C)SC(C)=O)ccnc21. The van der Waals surface area contributed by atoms with Gasteiger partial charge >= 0.3 is 5.69 Å². The molecule has 0 spiro atoms. The van der Waals surface area contributed by atoms with Gasteiger partial charge in [0, 0.05) is 40.9 Å². The molecule has 134 valence electrons. The third kappa shape index (κ3) is 3.52. The summed E-state index contributed by atoms with van der Waals surface area (Å²) in [4.78, 5) is 32.9. The molecule has 0 aliphatic heterocycles. The molecule has 1 unspecified atom stereocenters. The van der Waals surface area contributed by atoms with Crippen molar-refractivity contribution in [1.29, 1.82) is 0 Å². The summed E-state index contributed by atoms with van der Waals surface area (Å²) in [5, 5.41) is 1.27. The van der Waals surface area contributed by atoms with Gasteiger partial charge in [-0.1, -0.05) is 35.5 Å². The van der Waals surface area contributed by atoms with Gasteiger partial charge in [-0.2, -0.15) is 4.98 Å². The van der Waals surface area contributed by atoms with Crippen LogP contribution in [-0.2, 0) is 11.3 Å². The largest absolute Gasteiger partial charge is 0.349 e. The highest BCUT2D eigenvalue weighted by Gasteiger charge is 2.20. The Hall–Kier alpha value is -2.18. The van der Waals surface area contributed by atoms with Crippen molar-refractivity contribution in [3.63, 3.8) is 0 Å². The Bertz CT molecular complexity index is 1050. The number of carbonyl (C=O) groups excluding carboxylic acids is 1. The van der Waals surface area contributed by atoms with Crippen molar-refractivity contribution in [2.45, 2.75) is 32.6 Å². The molecule has 0 bridgehead atoms. The minimum Gasteiger partial charge on any atom is -0.288 e. The van der Waals surface area contributed by atoms with Crippen molar-refractivity contribution >= 4 is 39.5 Å². The summed E-state index contributed by atoms with van der Waals surface area (Å²) in [5.74, 6) is 0. The van der Waals surface area contributed by atoms with Crippen molar-refractivity contribution in [3.8, 4) is 11.3 Å². The highest BCUT2D eigenvalue weighted by atomic mass is 35.5. The molecule has 0 aliphatic rings. The summed E-state index contributed by atoms with van der Waals surface area (Å²) in [6, 6.07) is 9.11. The second-order valence-corrected chi connectivity index (χ2v) is 7.80. The van der Waals surface area contributed by atoms with E-state index >= 15 is 0 Å². The molecule has 0 fully saturated rings. The second-order valence-electron chi connectivity index (χ2n) is 5.85. The number of pyridine rings is 1. The third-order valence-electron chi connectivity index (χ3n) is 4.09. The summed E-state index contributed by atoms with van der Waals surface area (Å²) >= 11 is 7.38. The maximum atomic E-state index is 12.5. The topological polar surface area (TPSA) is 64.8 Å². The van der Waals surface area contributed by atoms with E-state index in [1.54, 1.807) is 25.3 Å². The maximum absolute atomic E-state index is 12.5. The van der Waals surface area contributed by atoms with E-state index in [1.807, 2.05) is 32.0 Å². The van der Waals surface area contributed by atoms with Crippen molar-refractivity contribution in [2.75, 3.05) is 0 Å². The predicted molar refractivity (Wildman–Crippen MR) is 107 cm³/mol. The smallest absolute Gasteiger partial charge is 0.288 e. The zero-order valence-corrected chi connectivity index (χ0v) is 16.3. The average Bonchev–Trinajstić information content (AvgIpc) is 2.60. The number of aromatic nitrogens is 3. The van der Waals surface area contributed by atoms with Gasteiger partial charge in [0.25, 0.3) is 0 Å². The number of fused-ring (bicyclic) bond motifs is 1. The summed E-state index contributed by atoms with van der Waals surface area (Å²) in [5.41, 5.74) is 2.41. The number of nitrogens with zero attached hydrogens (tertiary/aromatic N) is 3. The van der Waals surface area contributed by atoms with E-state index in [0.717, 1.165) is 16.5 Å². The van der Waals surface area contributed by atoms with Gasteiger partial charge in [-0.25, -0.2) is 9.78 Å². The fourth-order valence-electron chi connectivity index (χ4n) is 3.00. The summed E-state index contributed by atoms with van der Waals surface area (Å²) in [6.07, 6.45) is 1.67. The lowest BCUT2D eigenvalue weighted by atomic mass is 10.0. The fraction of sp³-hybridized carbons (Fsp3) is 0.263. The first-order valence-corrected chi connectivity index (χ1v) is 9.50. The lowest BCUT2D eigenvalue weighted by Crippen LogP contribution is -2.24. The molecule has 7 heteroatoms. The predicted octanol–water partition coefficient (Wildman–Crippen LogP) is 4.47. The van der Waals surface area contributed by atoms with Gasteiger partial charge in [-0.05, 0) is 37.6 Å². The van der Waals surface area contributed by atoms with Gasteiger partial charge in [0.1, 0.15) is 5.65 Å². The molecule has 2 aromatic heterocycles.